The van der Waals surface area contributed by atoms with Gasteiger partial charge in [-0.1, -0.05) is 6.92 Å². The molecule has 16 heavy (non-hydrogen) atoms. The molecule has 0 radical (unpaired) electrons. The van der Waals surface area contributed by atoms with Crippen molar-refractivity contribution in [3.8, 4) is 0 Å². The summed E-state index contributed by atoms with van der Waals surface area (Å²) in [5.74, 6) is 0.330. The van der Waals surface area contributed by atoms with Crippen molar-refractivity contribution in [1.29, 1.82) is 0 Å². The molecule has 1 unspecified atom stereocenters. The van der Waals surface area contributed by atoms with Gasteiger partial charge in [0.15, 0.2) is 0 Å². The van der Waals surface area contributed by atoms with Crippen LogP contribution in [0.25, 0.3) is 0 Å². The third-order valence-electron chi connectivity index (χ3n) is 2.87. The highest BCUT2D eigenvalue weighted by atomic mass is 16.6. The first-order valence-corrected chi connectivity index (χ1v) is 5.95. The lowest BCUT2D eigenvalue weighted by Crippen LogP contribution is -2.44. The van der Waals surface area contributed by atoms with E-state index in [4.69, 9.17) is 4.74 Å². The molecule has 1 amide bonds. The summed E-state index contributed by atoms with van der Waals surface area (Å²) in [5, 5.41) is 12.5. The Morgan fingerprint density at radius 1 is 1.38 bits per heavy atom. The van der Waals surface area contributed by atoms with Crippen molar-refractivity contribution >= 4 is 6.09 Å². The third-order valence-corrected chi connectivity index (χ3v) is 2.87. The molecular weight excluding hydrogens is 206 g/mol. The summed E-state index contributed by atoms with van der Waals surface area (Å²) in [5.41, 5.74) is -0.468. The van der Waals surface area contributed by atoms with Crippen LogP contribution in [0.15, 0.2) is 0 Å². The van der Waals surface area contributed by atoms with E-state index in [0.717, 1.165) is 12.8 Å². The van der Waals surface area contributed by atoms with Gasteiger partial charge in [0.25, 0.3) is 0 Å². The smallest absolute Gasteiger partial charge is 0.407 e. The third kappa shape index (κ3) is 4.39. The van der Waals surface area contributed by atoms with E-state index in [-0.39, 0.29) is 18.2 Å². The molecule has 3 atom stereocenters. The number of amides is 1. The Kier molecular flexibility index (Phi) is 4.19. The van der Waals surface area contributed by atoms with Gasteiger partial charge in [-0.05, 0) is 46.0 Å². The van der Waals surface area contributed by atoms with Crippen molar-refractivity contribution in [3.05, 3.63) is 0 Å². The molecule has 0 aromatic rings. The molecule has 2 N–H and O–H groups in total. The Balaban J connectivity index is 2.35. The van der Waals surface area contributed by atoms with Crippen molar-refractivity contribution in [2.75, 3.05) is 0 Å². The average Bonchev–Trinajstić information content (AvgIpc) is 2.08. The molecule has 1 fully saturated rings. The maximum atomic E-state index is 11.5. The van der Waals surface area contributed by atoms with Crippen LogP contribution < -0.4 is 5.32 Å². The second kappa shape index (κ2) is 5.04. The molecule has 1 saturated carbocycles. The monoisotopic (exact) mass is 229 g/mol. The van der Waals surface area contributed by atoms with Gasteiger partial charge in [0.05, 0.1) is 6.10 Å². The largest absolute Gasteiger partial charge is 0.444 e. The SMILES string of the molecule is C[C@H]1CC[C@@H](NC(=O)OC(C)(C)C)CC1O. The summed E-state index contributed by atoms with van der Waals surface area (Å²) in [4.78, 5) is 11.5. The van der Waals surface area contributed by atoms with Gasteiger partial charge in [-0.2, -0.15) is 0 Å². The van der Waals surface area contributed by atoms with Crippen LogP contribution in [0, 0.1) is 5.92 Å². The van der Waals surface area contributed by atoms with Crippen LogP contribution in [0.5, 0.6) is 0 Å². The molecule has 1 rings (SSSR count). The fraction of sp³-hybridized carbons (Fsp3) is 0.917. The maximum absolute atomic E-state index is 11.5. The number of ether oxygens (including phenoxy) is 1. The Hall–Kier alpha value is -0.770. The first-order chi connectivity index (χ1) is 7.28. The van der Waals surface area contributed by atoms with Crippen molar-refractivity contribution in [3.63, 3.8) is 0 Å². The lowest BCUT2D eigenvalue weighted by molar-refractivity contribution is 0.0370. The van der Waals surface area contributed by atoms with Gasteiger partial charge in [0.2, 0.25) is 0 Å². The molecule has 0 aliphatic heterocycles. The fourth-order valence-electron chi connectivity index (χ4n) is 1.90. The van der Waals surface area contributed by atoms with E-state index in [0.29, 0.717) is 12.3 Å². The number of nitrogens with one attached hydrogen (secondary N) is 1. The highest BCUT2D eigenvalue weighted by Crippen LogP contribution is 2.24. The van der Waals surface area contributed by atoms with Crippen molar-refractivity contribution in [2.45, 2.75) is 64.7 Å². The molecule has 1 aliphatic carbocycles. The van der Waals surface area contributed by atoms with E-state index >= 15 is 0 Å². The minimum absolute atomic E-state index is 0.0426. The second-order valence-electron chi connectivity index (χ2n) is 5.70. The molecule has 0 saturated heterocycles. The molecule has 0 heterocycles. The molecular formula is C12H23NO3. The van der Waals surface area contributed by atoms with Crippen molar-refractivity contribution in [1.82, 2.24) is 5.32 Å². The number of carbonyl (C=O) groups excluding carboxylic acids is 1. The number of aliphatic hydroxyl groups is 1. The minimum Gasteiger partial charge on any atom is -0.444 e. The van der Waals surface area contributed by atoms with E-state index in [2.05, 4.69) is 5.32 Å². The highest BCUT2D eigenvalue weighted by molar-refractivity contribution is 5.68. The zero-order valence-electron chi connectivity index (χ0n) is 10.6. The summed E-state index contributed by atoms with van der Waals surface area (Å²) in [7, 11) is 0. The fourth-order valence-corrected chi connectivity index (χ4v) is 1.90. The molecule has 94 valence electrons. The molecule has 1 aliphatic rings. The summed E-state index contributed by atoms with van der Waals surface area (Å²) in [6, 6.07) is 0.0426. The predicted octanol–water partition coefficient (Wildman–Crippen LogP) is 2.06. The number of alkyl carbamates (subject to hydrolysis) is 1. The van der Waals surface area contributed by atoms with E-state index in [9.17, 15) is 9.90 Å². The molecule has 0 aromatic carbocycles. The summed E-state index contributed by atoms with van der Waals surface area (Å²) < 4.78 is 5.17. The van der Waals surface area contributed by atoms with Gasteiger partial charge in [-0.15, -0.1) is 0 Å². The van der Waals surface area contributed by atoms with Gasteiger partial charge in [-0.25, -0.2) is 4.79 Å². The van der Waals surface area contributed by atoms with Crippen molar-refractivity contribution < 1.29 is 14.6 Å². The van der Waals surface area contributed by atoms with Crippen LogP contribution in [-0.4, -0.2) is 28.9 Å². The quantitative estimate of drug-likeness (QED) is 0.723. The van der Waals surface area contributed by atoms with Gasteiger partial charge in [0.1, 0.15) is 5.60 Å². The Labute approximate surface area is 97.4 Å². The van der Waals surface area contributed by atoms with E-state index in [1.54, 1.807) is 0 Å². The Morgan fingerprint density at radius 2 is 2.00 bits per heavy atom. The zero-order valence-corrected chi connectivity index (χ0v) is 10.6. The highest BCUT2D eigenvalue weighted by Gasteiger charge is 2.28. The van der Waals surface area contributed by atoms with Crippen LogP contribution in [0.2, 0.25) is 0 Å². The number of rotatable bonds is 1. The number of aliphatic hydroxyl groups excluding tert-OH is 1. The number of hydrogen-bond donors (Lipinski definition) is 2. The first-order valence-electron chi connectivity index (χ1n) is 5.95. The normalized spacial score (nSPS) is 30.9. The molecule has 4 heteroatoms. The van der Waals surface area contributed by atoms with Crippen LogP contribution in [0.4, 0.5) is 4.79 Å². The van der Waals surface area contributed by atoms with E-state index in [1.165, 1.54) is 0 Å². The minimum atomic E-state index is -0.468. The lowest BCUT2D eigenvalue weighted by Gasteiger charge is -2.32. The number of hydrogen-bond acceptors (Lipinski definition) is 3. The maximum Gasteiger partial charge on any atom is 0.407 e. The lowest BCUT2D eigenvalue weighted by atomic mass is 9.85. The van der Waals surface area contributed by atoms with Gasteiger partial charge in [-0.3, -0.25) is 0 Å². The topological polar surface area (TPSA) is 58.6 Å². The van der Waals surface area contributed by atoms with Crippen LogP contribution in [-0.2, 0) is 4.74 Å². The van der Waals surface area contributed by atoms with E-state index < -0.39 is 5.60 Å². The van der Waals surface area contributed by atoms with Crippen LogP contribution in [0.3, 0.4) is 0 Å². The molecule has 0 bridgehead atoms. The molecule has 0 aromatic heterocycles. The van der Waals surface area contributed by atoms with Crippen LogP contribution >= 0.6 is 0 Å². The molecule has 4 nitrogen and oxygen atoms in total. The average molecular weight is 229 g/mol. The molecule has 0 spiro atoms. The van der Waals surface area contributed by atoms with Crippen LogP contribution in [0.1, 0.15) is 47.0 Å². The first kappa shape index (κ1) is 13.3. The Morgan fingerprint density at radius 3 is 2.50 bits per heavy atom. The second-order valence-corrected chi connectivity index (χ2v) is 5.70. The zero-order chi connectivity index (χ0) is 12.3. The van der Waals surface area contributed by atoms with Gasteiger partial charge < -0.3 is 15.2 Å². The summed E-state index contributed by atoms with van der Waals surface area (Å²) in [6.07, 6.45) is 1.78. The Bertz CT molecular complexity index is 247. The van der Waals surface area contributed by atoms with Gasteiger partial charge >= 0.3 is 6.09 Å². The predicted molar refractivity (Wildman–Crippen MR) is 62.2 cm³/mol. The number of carbonyl (C=O) groups is 1. The van der Waals surface area contributed by atoms with Gasteiger partial charge in [0, 0.05) is 6.04 Å². The van der Waals surface area contributed by atoms with E-state index in [1.807, 2.05) is 27.7 Å². The summed E-state index contributed by atoms with van der Waals surface area (Å²) >= 11 is 0. The standard InChI is InChI=1S/C12H23NO3/c1-8-5-6-9(7-10(8)14)13-11(15)16-12(2,3)4/h8-10,14H,5-7H2,1-4H3,(H,13,15)/t8-,9+,10?/m0/s1. The summed E-state index contributed by atoms with van der Waals surface area (Å²) in [6.45, 7) is 7.55. The van der Waals surface area contributed by atoms with Crippen molar-refractivity contribution in [2.24, 2.45) is 5.92 Å².